The van der Waals surface area contributed by atoms with Crippen molar-refractivity contribution < 1.29 is 13.5 Å². The van der Waals surface area contributed by atoms with Crippen molar-refractivity contribution in [1.82, 2.24) is 0 Å². The third kappa shape index (κ3) is 2.70. The zero-order valence-corrected chi connectivity index (χ0v) is 12.6. The molecule has 3 nitrogen and oxygen atoms in total. The smallest absolute Gasteiger partial charge is 0.183 e. The Bertz CT molecular complexity index is 543. The van der Waals surface area contributed by atoms with E-state index in [-0.39, 0.29) is 5.41 Å². The van der Waals surface area contributed by atoms with Crippen LogP contribution in [0.25, 0.3) is 0 Å². The van der Waals surface area contributed by atoms with Crippen molar-refractivity contribution in [2.24, 2.45) is 5.41 Å². The van der Waals surface area contributed by atoms with Crippen LogP contribution in [-0.4, -0.2) is 24.9 Å². The Hall–Kier alpha value is -0.870. The lowest BCUT2D eigenvalue weighted by molar-refractivity contribution is 0.0167. The largest absolute Gasteiger partial charge is 0.391 e. The third-order valence-electron chi connectivity index (χ3n) is 4.21. The van der Waals surface area contributed by atoms with Crippen molar-refractivity contribution in [2.45, 2.75) is 56.3 Å². The fraction of sp³-hybridized carbons (Fsp3) is 0.600. The Morgan fingerprint density at radius 1 is 1.21 bits per heavy atom. The van der Waals surface area contributed by atoms with Crippen LogP contribution in [0.1, 0.15) is 38.7 Å². The number of aryl methyl sites for hydroxylation is 1. The molecule has 0 spiro atoms. The fourth-order valence-corrected chi connectivity index (χ4v) is 4.85. The van der Waals surface area contributed by atoms with E-state index < -0.39 is 21.2 Å². The van der Waals surface area contributed by atoms with Crippen molar-refractivity contribution in [2.75, 3.05) is 0 Å². The minimum absolute atomic E-state index is 0.319. The van der Waals surface area contributed by atoms with E-state index in [0.29, 0.717) is 11.3 Å². The molecular formula is C15H22O3S. The molecule has 1 fully saturated rings. The highest BCUT2D eigenvalue weighted by Gasteiger charge is 2.44. The molecule has 1 aromatic rings. The maximum Gasteiger partial charge on any atom is 0.183 e. The molecule has 1 aliphatic carbocycles. The summed E-state index contributed by atoms with van der Waals surface area (Å²) < 4.78 is 25.3. The topological polar surface area (TPSA) is 54.4 Å². The summed E-state index contributed by atoms with van der Waals surface area (Å²) in [6, 6.07) is 6.87. The van der Waals surface area contributed by atoms with Gasteiger partial charge in [-0.2, -0.15) is 0 Å². The first-order valence-corrected chi connectivity index (χ1v) is 8.28. The highest BCUT2D eigenvalue weighted by Crippen LogP contribution is 2.40. The average Bonchev–Trinajstić information content (AvgIpc) is 2.33. The number of benzene rings is 1. The predicted molar refractivity (Wildman–Crippen MR) is 75.8 cm³/mol. The molecule has 2 atom stereocenters. The van der Waals surface area contributed by atoms with Gasteiger partial charge < -0.3 is 5.11 Å². The lowest BCUT2D eigenvalue weighted by atomic mass is 9.75. The second-order valence-corrected chi connectivity index (χ2v) is 8.39. The Morgan fingerprint density at radius 3 is 2.37 bits per heavy atom. The van der Waals surface area contributed by atoms with E-state index in [1.165, 1.54) is 0 Å². The molecule has 0 aliphatic heterocycles. The fourth-order valence-electron chi connectivity index (χ4n) is 2.80. The minimum Gasteiger partial charge on any atom is -0.391 e. The molecule has 4 heteroatoms. The zero-order chi connectivity index (χ0) is 14.3. The van der Waals surface area contributed by atoms with Crippen LogP contribution < -0.4 is 0 Å². The number of hydrogen-bond acceptors (Lipinski definition) is 3. The van der Waals surface area contributed by atoms with Crippen molar-refractivity contribution >= 4 is 9.84 Å². The van der Waals surface area contributed by atoms with Crippen LogP contribution in [-0.2, 0) is 9.84 Å². The third-order valence-corrected chi connectivity index (χ3v) is 6.43. The van der Waals surface area contributed by atoms with E-state index in [2.05, 4.69) is 0 Å². The van der Waals surface area contributed by atoms with Gasteiger partial charge in [-0.15, -0.1) is 0 Å². The van der Waals surface area contributed by atoms with E-state index in [1.807, 2.05) is 20.8 Å². The predicted octanol–water partition coefficient (Wildman–Crippen LogP) is 2.71. The number of sulfone groups is 1. The van der Waals surface area contributed by atoms with Crippen molar-refractivity contribution in [3.63, 3.8) is 0 Å². The van der Waals surface area contributed by atoms with Crippen LogP contribution in [0.15, 0.2) is 29.2 Å². The van der Waals surface area contributed by atoms with Crippen LogP contribution in [0.2, 0.25) is 0 Å². The van der Waals surface area contributed by atoms with Crippen molar-refractivity contribution in [1.29, 1.82) is 0 Å². The molecule has 106 valence electrons. The molecule has 1 saturated carbocycles. The molecule has 0 saturated heterocycles. The molecule has 1 N–H and O–H groups in total. The van der Waals surface area contributed by atoms with Crippen LogP contribution in [0.5, 0.6) is 0 Å². The van der Waals surface area contributed by atoms with E-state index in [4.69, 9.17) is 0 Å². The first kappa shape index (κ1) is 14.5. The lowest BCUT2D eigenvalue weighted by Crippen LogP contribution is -2.47. The summed E-state index contributed by atoms with van der Waals surface area (Å²) in [6.45, 7) is 5.80. The van der Waals surface area contributed by atoms with Gasteiger partial charge in [0.05, 0.1) is 16.2 Å². The van der Waals surface area contributed by atoms with Gasteiger partial charge in [-0.1, -0.05) is 38.0 Å². The molecule has 0 heterocycles. The molecule has 0 aromatic heterocycles. The van der Waals surface area contributed by atoms with Gasteiger partial charge in [-0.3, -0.25) is 0 Å². The maximum atomic E-state index is 12.6. The number of aliphatic hydroxyl groups excluding tert-OH is 1. The molecule has 1 aliphatic rings. The molecule has 2 rings (SSSR count). The Kier molecular flexibility index (Phi) is 3.76. The quantitative estimate of drug-likeness (QED) is 0.907. The molecule has 1 aromatic carbocycles. The standard InChI is InChI=1S/C15H22O3S/c1-11-6-8-12(9-7-11)19(17,18)13-5-4-10-15(2,3)14(13)16/h6-9,13-14,16H,4-5,10H2,1-3H3. The van der Waals surface area contributed by atoms with E-state index in [1.54, 1.807) is 24.3 Å². The molecule has 0 bridgehead atoms. The van der Waals surface area contributed by atoms with E-state index in [0.717, 1.165) is 18.4 Å². The Balaban J connectivity index is 2.36. The summed E-state index contributed by atoms with van der Waals surface area (Å²) >= 11 is 0. The van der Waals surface area contributed by atoms with Gasteiger partial charge in [-0.05, 0) is 37.3 Å². The summed E-state index contributed by atoms with van der Waals surface area (Å²) in [5.74, 6) is 0. The van der Waals surface area contributed by atoms with Crippen LogP contribution in [0, 0.1) is 12.3 Å². The molecule has 0 radical (unpaired) electrons. The second kappa shape index (κ2) is 4.91. The van der Waals surface area contributed by atoms with Crippen LogP contribution in [0.4, 0.5) is 0 Å². The Labute approximate surface area is 115 Å². The summed E-state index contributed by atoms with van der Waals surface area (Å²) in [7, 11) is -3.45. The van der Waals surface area contributed by atoms with Gasteiger partial charge in [-0.25, -0.2) is 8.42 Å². The minimum atomic E-state index is -3.45. The lowest BCUT2D eigenvalue weighted by Gasteiger charge is -2.40. The highest BCUT2D eigenvalue weighted by atomic mass is 32.2. The van der Waals surface area contributed by atoms with Gasteiger partial charge in [0, 0.05) is 0 Å². The summed E-state index contributed by atoms with van der Waals surface area (Å²) in [5, 5.41) is 9.69. The number of hydrogen-bond donors (Lipinski definition) is 1. The summed E-state index contributed by atoms with van der Waals surface area (Å²) in [6.07, 6.45) is 1.46. The first-order chi connectivity index (χ1) is 8.75. The van der Waals surface area contributed by atoms with Crippen molar-refractivity contribution in [3.8, 4) is 0 Å². The van der Waals surface area contributed by atoms with Gasteiger partial charge in [0.1, 0.15) is 0 Å². The van der Waals surface area contributed by atoms with Gasteiger partial charge in [0.15, 0.2) is 9.84 Å². The second-order valence-electron chi connectivity index (χ2n) is 6.22. The van der Waals surface area contributed by atoms with Gasteiger partial charge in [0.2, 0.25) is 0 Å². The Morgan fingerprint density at radius 2 is 1.79 bits per heavy atom. The molecular weight excluding hydrogens is 260 g/mol. The average molecular weight is 282 g/mol. The number of aliphatic hydroxyl groups is 1. The van der Waals surface area contributed by atoms with E-state index in [9.17, 15) is 13.5 Å². The molecule has 2 unspecified atom stereocenters. The SMILES string of the molecule is Cc1ccc(S(=O)(=O)C2CCCC(C)(C)C2O)cc1. The van der Waals surface area contributed by atoms with Crippen molar-refractivity contribution in [3.05, 3.63) is 29.8 Å². The van der Waals surface area contributed by atoms with Gasteiger partial charge in [0.25, 0.3) is 0 Å². The summed E-state index contributed by atoms with van der Waals surface area (Å²) in [4.78, 5) is 0.319. The van der Waals surface area contributed by atoms with Gasteiger partial charge >= 0.3 is 0 Å². The van der Waals surface area contributed by atoms with E-state index >= 15 is 0 Å². The monoisotopic (exact) mass is 282 g/mol. The highest BCUT2D eigenvalue weighted by molar-refractivity contribution is 7.92. The normalized spacial score (nSPS) is 27.2. The van der Waals surface area contributed by atoms with Crippen LogP contribution in [0.3, 0.4) is 0 Å². The number of rotatable bonds is 2. The molecule has 19 heavy (non-hydrogen) atoms. The van der Waals surface area contributed by atoms with Crippen LogP contribution >= 0.6 is 0 Å². The summed E-state index contributed by atoms with van der Waals surface area (Å²) in [5.41, 5.74) is 0.698. The molecule has 0 amide bonds. The first-order valence-electron chi connectivity index (χ1n) is 6.74. The maximum absolute atomic E-state index is 12.6. The zero-order valence-electron chi connectivity index (χ0n) is 11.8.